The van der Waals surface area contributed by atoms with E-state index in [0.717, 1.165) is 55.1 Å². The number of nitrogens with one attached hydrogen (secondary N) is 2. The molecule has 0 saturated carbocycles. The van der Waals surface area contributed by atoms with E-state index in [0.29, 0.717) is 0 Å². The lowest BCUT2D eigenvalue weighted by Gasteiger charge is -2.27. The van der Waals surface area contributed by atoms with Crippen LogP contribution in [0.2, 0.25) is 5.02 Å². The third-order valence-electron chi connectivity index (χ3n) is 3.62. The van der Waals surface area contributed by atoms with E-state index in [2.05, 4.69) is 33.4 Å². The predicted molar refractivity (Wildman–Crippen MR) is 76.3 cm³/mol. The van der Waals surface area contributed by atoms with Gasteiger partial charge in [0.05, 0.1) is 5.02 Å². The SMILES string of the molecule is Clc1c[nH]c2ccc(CCN3CCNCC3)cc12. The van der Waals surface area contributed by atoms with Crippen molar-refractivity contribution in [3.8, 4) is 0 Å². The van der Waals surface area contributed by atoms with E-state index in [4.69, 9.17) is 11.6 Å². The molecule has 2 heterocycles. The summed E-state index contributed by atoms with van der Waals surface area (Å²) >= 11 is 6.14. The van der Waals surface area contributed by atoms with Crippen LogP contribution >= 0.6 is 11.6 Å². The molecule has 1 aliphatic rings. The minimum absolute atomic E-state index is 0.814. The van der Waals surface area contributed by atoms with Gasteiger partial charge in [-0.3, -0.25) is 0 Å². The third kappa shape index (κ3) is 2.53. The topological polar surface area (TPSA) is 31.1 Å². The first-order chi connectivity index (χ1) is 8.83. The maximum Gasteiger partial charge on any atom is 0.0659 e. The molecule has 96 valence electrons. The van der Waals surface area contributed by atoms with E-state index >= 15 is 0 Å². The van der Waals surface area contributed by atoms with Crippen molar-refractivity contribution in [2.24, 2.45) is 0 Å². The quantitative estimate of drug-likeness (QED) is 0.890. The first kappa shape index (κ1) is 12.0. The van der Waals surface area contributed by atoms with Crippen molar-refractivity contribution in [2.75, 3.05) is 32.7 Å². The Morgan fingerprint density at radius 1 is 1.22 bits per heavy atom. The summed E-state index contributed by atoms with van der Waals surface area (Å²) in [5, 5.41) is 5.33. The molecular formula is C14H18ClN3. The smallest absolute Gasteiger partial charge is 0.0659 e. The van der Waals surface area contributed by atoms with Gasteiger partial charge >= 0.3 is 0 Å². The van der Waals surface area contributed by atoms with Gasteiger partial charge in [0.15, 0.2) is 0 Å². The summed E-state index contributed by atoms with van der Waals surface area (Å²) in [6, 6.07) is 6.52. The molecule has 1 aromatic heterocycles. The van der Waals surface area contributed by atoms with Crippen molar-refractivity contribution >= 4 is 22.5 Å². The fourth-order valence-electron chi connectivity index (χ4n) is 2.51. The summed E-state index contributed by atoms with van der Waals surface area (Å²) in [6.07, 6.45) is 2.95. The van der Waals surface area contributed by atoms with Crippen LogP contribution < -0.4 is 5.32 Å². The van der Waals surface area contributed by atoms with E-state index < -0.39 is 0 Å². The highest BCUT2D eigenvalue weighted by Gasteiger charge is 2.09. The van der Waals surface area contributed by atoms with Crippen LogP contribution in [-0.2, 0) is 6.42 Å². The zero-order chi connectivity index (χ0) is 12.4. The summed E-state index contributed by atoms with van der Waals surface area (Å²) in [5.74, 6) is 0. The third-order valence-corrected chi connectivity index (χ3v) is 3.93. The van der Waals surface area contributed by atoms with Gasteiger partial charge in [-0.25, -0.2) is 0 Å². The molecule has 18 heavy (non-hydrogen) atoms. The van der Waals surface area contributed by atoms with Gasteiger partial charge < -0.3 is 15.2 Å². The number of halogens is 1. The van der Waals surface area contributed by atoms with Gasteiger partial charge in [0, 0.05) is 49.8 Å². The Bertz CT molecular complexity index is 529. The van der Waals surface area contributed by atoms with Crippen molar-refractivity contribution in [3.63, 3.8) is 0 Å². The second-order valence-electron chi connectivity index (χ2n) is 4.86. The van der Waals surface area contributed by atoms with E-state index in [9.17, 15) is 0 Å². The Morgan fingerprint density at radius 3 is 2.89 bits per heavy atom. The average Bonchev–Trinajstić information content (AvgIpc) is 2.79. The summed E-state index contributed by atoms with van der Waals surface area (Å²) in [7, 11) is 0. The Balaban J connectivity index is 1.68. The average molecular weight is 264 g/mol. The van der Waals surface area contributed by atoms with Gasteiger partial charge in [-0.05, 0) is 24.1 Å². The number of nitrogens with zero attached hydrogens (tertiary/aromatic N) is 1. The van der Waals surface area contributed by atoms with Crippen molar-refractivity contribution < 1.29 is 0 Å². The zero-order valence-corrected chi connectivity index (χ0v) is 11.1. The summed E-state index contributed by atoms with van der Waals surface area (Å²) in [6.45, 7) is 5.68. The predicted octanol–water partition coefficient (Wildman–Crippen LogP) is 2.27. The monoisotopic (exact) mass is 263 g/mol. The van der Waals surface area contributed by atoms with Crippen LogP contribution in [-0.4, -0.2) is 42.6 Å². The molecule has 0 bridgehead atoms. The van der Waals surface area contributed by atoms with E-state index in [1.165, 1.54) is 5.56 Å². The molecule has 0 atom stereocenters. The largest absolute Gasteiger partial charge is 0.360 e. The zero-order valence-electron chi connectivity index (χ0n) is 10.4. The Morgan fingerprint density at radius 2 is 2.06 bits per heavy atom. The minimum Gasteiger partial charge on any atom is -0.360 e. The lowest BCUT2D eigenvalue weighted by atomic mass is 10.1. The van der Waals surface area contributed by atoms with Gasteiger partial charge in [-0.15, -0.1) is 0 Å². The van der Waals surface area contributed by atoms with E-state index in [-0.39, 0.29) is 0 Å². The number of aromatic nitrogens is 1. The van der Waals surface area contributed by atoms with Crippen LogP contribution in [0, 0.1) is 0 Å². The molecule has 2 aromatic rings. The Kier molecular flexibility index (Phi) is 3.55. The lowest BCUT2D eigenvalue weighted by molar-refractivity contribution is 0.244. The normalized spacial score (nSPS) is 17.4. The molecule has 0 radical (unpaired) electrons. The molecule has 1 aliphatic heterocycles. The molecule has 4 heteroatoms. The van der Waals surface area contributed by atoms with Gasteiger partial charge in [-0.2, -0.15) is 0 Å². The minimum atomic E-state index is 0.814. The number of aromatic amines is 1. The van der Waals surface area contributed by atoms with Gasteiger partial charge in [0.1, 0.15) is 0 Å². The van der Waals surface area contributed by atoms with Crippen molar-refractivity contribution in [1.82, 2.24) is 15.2 Å². The molecule has 1 saturated heterocycles. The first-order valence-corrected chi connectivity index (χ1v) is 6.89. The van der Waals surface area contributed by atoms with E-state index in [1.807, 2.05) is 6.20 Å². The molecule has 1 fully saturated rings. The molecule has 0 aliphatic carbocycles. The van der Waals surface area contributed by atoms with Gasteiger partial charge in [-0.1, -0.05) is 17.7 Å². The fraction of sp³-hybridized carbons (Fsp3) is 0.429. The highest BCUT2D eigenvalue weighted by Crippen LogP contribution is 2.24. The van der Waals surface area contributed by atoms with Crippen molar-refractivity contribution in [3.05, 3.63) is 35.0 Å². The number of benzene rings is 1. The summed E-state index contributed by atoms with van der Waals surface area (Å²) in [5.41, 5.74) is 2.48. The van der Waals surface area contributed by atoms with Crippen LogP contribution in [0.25, 0.3) is 10.9 Å². The molecule has 0 amide bonds. The van der Waals surface area contributed by atoms with Crippen molar-refractivity contribution in [1.29, 1.82) is 0 Å². The second kappa shape index (κ2) is 5.31. The number of hydrogen-bond donors (Lipinski definition) is 2. The van der Waals surface area contributed by atoms with Crippen LogP contribution in [0.3, 0.4) is 0 Å². The number of fused-ring (bicyclic) bond motifs is 1. The summed E-state index contributed by atoms with van der Waals surface area (Å²) in [4.78, 5) is 5.68. The number of H-pyrrole nitrogens is 1. The maximum atomic E-state index is 6.14. The van der Waals surface area contributed by atoms with Gasteiger partial charge in [0.2, 0.25) is 0 Å². The number of rotatable bonds is 3. The Hall–Kier alpha value is -1.03. The number of piperazine rings is 1. The number of hydrogen-bond acceptors (Lipinski definition) is 2. The first-order valence-electron chi connectivity index (χ1n) is 6.51. The highest BCUT2D eigenvalue weighted by atomic mass is 35.5. The van der Waals surface area contributed by atoms with Gasteiger partial charge in [0.25, 0.3) is 0 Å². The van der Waals surface area contributed by atoms with Crippen LogP contribution in [0.4, 0.5) is 0 Å². The molecule has 1 aromatic carbocycles. The van der Waals surface area contributed by atoms with Crippen molar-refractivity contribution in [2.45, 2.75) is 6.42 Å². The second-order valence-corrected chi connectivity index (χ2v) is 5.27. The highest BCUT2D eigenvalue weighted by molar-refractivity contribution is 6.35. The molecular weight excluding hydrogens is 246 g/mol. The maximum absolute atomic E-state index is 6.14. The standard InChI is InChI=1S/C14H18ClN3/c15-13-10-17-14-2-1-11(9-12(13)14)3-6-18-7-4-16-5-8-18/h1-2,9-10,16-17H,3-8H2. The molecule has 3 rings (SSSR count). The molecule has 2 N–H and O–H groups in total. The van der Waals surface area contributed by atoms with Crippen LogP contribution in [0.15, 0.2) is 24.4 Å². The van der Waals surface area contributed by atoms with E-state index in [1.54, 1.807) is 0 Å². The molecule has 0 spiro atoms. The Labute approximate surface area is 112 Å². The fourth-order valence-corrected chi connectivity index (χ4v) is 2.72. The molecule has 0 unspecified atom stereocenters. The molecule has 3 nitrogen and oxygen atoms in total. The van der Waals surface area contributed by atoms with Crippen LogP contribution in [0.1, 0.15) is 5.56 Å². The van der Waals surface area contributed by atoms with Crippen LogP contribution in [0.5, 0.6) is 0 Å². The lowest BCUT2D eigenvalue weighted by Crippen LogP contribution is -2.44. The summed E-state index contributed by atoms with van der Waals surface area (Å²) < 4.78 is 0.